The zero-order chi connectivity index (χ0) is 9.84. The average molecular weight is 263 g/mol. The average Bonchev–Trinajstić information content (AvgIpc) is 2.50. The van der Waals surface area contributed by atoms with Crippen LogP contribution in [-0.4, -0.2) is 10.2 Å². The highest BCUT2D eigenvalue weighted by molar-refractivity contribution is 9.09. The van der Waals surface area contributed by atoms with Gasteiger partial charge in [-0.05, 0) is 12.3 Å². The van der Waals surface area contributed by atoms with Crippen molar-refractivity contribution in [3.05, 3.63) is 10.0 Å². The largest absolute Gasteiger partial charge is 0.144 e. The van der Waals surface area contributed by atoms with E-state index in [1.807, 2.05) is 0 Å². The Morgan fingerprint density at radius 3 is 2.62 bits per heavy atom. The van der Waals surface area contributed by atoms with Gasteiger partial charge in [-0.15, -0.1) is 21.5 Å². The van der Waals surface area contributed by atoms with E-state index >= 15 is 0 Å². The zero-order valence-corrected chi connectivity index (χ0v) is 10.7. The summed E-state index contributed by atoms with van der Waals surface area (Å²) in [5, 5.41) is 10.6. The minimum atomic E-state index is 0.380. The van der Waals surface area contributed by atoms with Gasteiger partial charge in [0.25, 0.3) is 0 Å². The summed E-state index contributed by atoms with van der Waals surface area (Å²) in [6.07, 6.45) is 2.11. The van der Waals surface area contributed by atoms with Crippen LogP contribution in [0.2, 0.25) is 0 Å². The molecular formula is C9H15BrN2S. The van der Waals surface area contributed by atoms with E-state index in [0.717, 1.165) is 22.9 Å². The molecule has 1 rings (SSSR count). The molecule has 0 saturated heterocycles. The van der Waals surface area contributed by atoms with Gasteiger partial charge < -0.3 is 0 Å². The molecule has 4 heteroatoms. The summed E-state index contributed by atoms with van der Waals surface area (Å²) in [5.41, 5.74) is 0. The Kier molecular flexibility index (Phi) is 4.32. The van der Waals surface area contributed by atoms with Gasteiger partial charge in [-0.1, -0.05) is 36.7 Å². The summed E-state index contributed by atoms with van der Waals surface area (Å²) in [7, 11) is 0. The number of rotatable bonds is 4. The molecule has 1 aromatic rings. The number of hydrogen-bond acceptors (Lipinski definition) is 3. The van der Waals surface area contributed by atoms with Crippen molar-refractivity contribution in [3.8, 4) is 0 Å². The molecule has 0 radical (unpaired) electrons. The minimum absolute atomic E-state index is 0.380. The second kappa shape index (κ2) is 5.05. The Morgan fingerprint density at radius 1 is 1.38 bits per heavy atom. The number of aromatic nitrogens is 2. The van der Waals surface area contributed by atoms with Crippen LogP contribution in [-0.2, 0) is 6.42 Å². The molecular weight excluding hydrogens is 248 g/mol. The second-order valence-corrected chi connectivity index (χ2v) is 5.71. The topological polar surface area (TPSA) is 25.8 Å². The second-order valence-electron chi connectivity index (χ2n) is 3.51. The maximum absolute atomic E-state index is 4.16. The number of nitrogens with zero attached hydrogens (tertiary/aromatic N) is 2. The maximum atomic E-state index is 4.16. The molecule has 0 aliphatic carbocycles. The molecule has 0 saturated carbocycles. The first-order valence-corrected chi connectivity index (χ1v) is 6.33. The predicted molar refractivity (Wildman–Crippen MR) is 60.4 cm³/mol. The van der Waals surface area contributed by atoms with Crippen LogP contribution in [0.4, 0.5) is 0 Å². The van der Waals surface area contributed by atoms with E-state index in [4.69, 9.17) is 0 Å². The minimum Gasteiger partial charge on any atom is -0.144 e. The smallest absolute Gasteiger partial charge is 0.131 e. The fourth-order valence-electron chi connectivity index (χ4n) is 1.000. The lowest BCUT2D eigenvalue weighted by atomic mass is 10.1. The Labute approximate surface area is 91.9 Å². The molecule has 0 amide bonds. The monoisotopic (exact) mass is 262 g/mol. The first kappa shape index (κ1) is 11.1. The van der Waals surface area contributed by atoms with Gasteiger partial charge in [0.1, 0.15) is 10.0 Å². The molecule has 13 heavy (non-hydrogen) atoms. The van der Waals surface area contributed by atoms with Crippen molar-refractivity contribution in [2.24, 2.45) is 5.92 Å². The third kappa shape index (κ3) is 3.35. The van der Waals surface area contributed by atoms with Crippen molar-refractivity contribution in [2.75, 3.05) is 0 Å². The van der Waals surface area contributed by atoms with E-state index in [1.165, 1.54) is 0 Å². The third-order valence-corrected chi connectivity index (χ3v) is 4.14. The van der Waals surface area contributed by atoms with Crippen molar-refractivity contribution >= 4 is 27.3 Å². The zero-order valence-electron chi connectivity index (χ0n) is 8.25. The molecule has 1 unspecified atom stereocenters. The van der Waals surface area contributed by atoms with Gasteiger partial charge in [0.15, 0.2) is 0 Å². The van der Waals surface area contributed by atoms with E-state index in [-0.39, 0.29) is 0 Å². The normalized spacial score (nSPS) is 13.6. The molecule has 1 atom stereocenters. The number of halogens is 1. The first-order chi connectivity index (χ1) is 6.13. The highest BCUT2D eigenvalue weighted by Gasteiger charge is 2.11. The van der Waals surface area contributed by atoms with Crippen LogP contribution < -0.4 is 0 Å². The van der Waals surface area contributed by atoms with E-state index in [9.17, 15) is 0 Å². The van der Waals surface area contributed by atoms with Crippen LogP contribution in [0.1, 0.15) is 42.0 Å². The molecule has 1 heterocycles. The molecule has 2 nitrogen and oxygen atoms in total. The van der Waals surface area contributed by atoms with Gasteiger partial charge >= 0.3 is 0 Å². The molecule has 0 aliphatic heterocycles. The molecule has 74 valence electrons. The molecule has 1 aromatic heterocycles. The van der Waals surface area contributed by atoms with Crippen molar-refractivity contribution in [3.63, 3.8) is 0 Å². The van der Waals surface area contributed by atoms with Crippen molar-refractivity contribution in [2.45, 2.75) is 38.4 Å². The Morgan fingerprint density at radius 2 is 2.08 bits per heavy atom. The van der Waals surface area contributed by atoms with Crippen LogP contribution in [0.3, 0.4) is 0 Å². The summed E-state index contributed by atoms with van der Waals surface area (Å²) >= 11 is 5.30. The van der Waals surface area contributed by atoms with Crippen LogP contribution in [0.25, 0.3) is 0 Å². The fourth-order valence-corrected chi connectivity index (χ4v) is 2.49. The summed E-state index contributed by atoms with van der Waals surface area (Å²) in [5.74, 6) is 0.663. The molecule has 0 bridgehead atoms. The standard InChI is InChI=1S/C9H15BrN2S/c1-4-7(10)9-12-11-8(13-9)5-6(2)3/h6-7H,4-5H2,1-3H3. The van der Waals surface area contributed by atoms with Gasteiger partial charge in [-0.2, -0.15) is 0 Å². The molecule has 0 aromatic carbocycles. The molecule has 0 fully saturated rings. The Bertz CT molecular complexity index is 260. The van der Waals surface area contributed by atoms with E-state index in [0.29, 0.717) is 10.7 Å². The predicted octanol–water partition coefficient (Wildman–Crippen LogP) is 3.58. The Balaban J connectivity index is 2.63. The number of hydrogen-bond donors (Lipinski definition) is 0. The quantitative estimate of drug-likeness (QED) is 0.776. The summed E-state index contributed by atoms with van der Waals surface area (Å²) in [6.45, 7) is 6.54. The number of alkyl halides is 1. The van der Waals surface area contributed by atoms with Gasteiger partial charge in [-0.3, -0.25) is 0 Å². The first-order valence-electron chi connectivity index (χ1n) is 4.59. The third-order valence-electron chi connectivity index (χ3n) is 1.69. The lowest BCUT2D eigenvalue weighted by molar-refractivity contribution is 0.639. The maximum Gasteiger partial charge on any atom is 0.131 e. The lowest BCUT2D eigenvalue weighted by Gasteiger charge is -1.99. The Hall–Kier alpha value is 0.0400. The highest BCUT2D eigenvalue weighted by atomic mass is 79.9. The van der Waals surface area contributed by atoms with Gasteiger partial charge in [0.05, 0.1) is 4.83 Å². The summed E-state index contributed by atoms with van der Waals surface area (Å²) in [6, 6.07) is 0. The van der Waals surface area contributed by atoms with Crippen molar-refractivity contribution < 1.29 is 0 Å². The van der Waals surface area contributed by atoms with Crippen LogP contribution in [0.5, 0.6) is 0 Å². The van der Waals surface area contributed by atoms with Crippen molar-refractivity contribution in [1.29, 1.82) is 0 Å². The van der Waals surface area contributed by atoms with E-state index in [1.54, 1.807) is 11.3 Å². The van der Waals surface area contributed by atoms with Crippen LogP contribution >= 0.6 is 27.3 Å². The molecule has 0 aliphatic rings. The van der Waals surface area contributed by atoms with E-state index < -0.39 is 0 Å². The van der Waals surface area contributed by atoms with Gasteiger partial charge in [0, 0.05) is 6.42 Å². The summed E-state index contributed by atoms with van der Waals surface area (Å²) in [4.78, 5) is 0.380. The molecule has 0 spiro atoms. The fraction of sp³-hybridized carbons (Fsp3) is 0.778. The molecule has 0 N–H and O–H groups in total. The van der Waals surface area contributed by atoms with Crippen LogP contribution in [0.15, 0.2) is 0 Å². The lowest BCUT2D eigenvalue weighted by Crippen LogP contribution is -1.92. The van der Waals surface area contributed by atoms with Crippen molar-refractivity contribution in [1.82, 2.24) is 10.2 Å². The van der Waals surface area contributed by atoms with E-state index in [2.05, 4.69) is 46.9 Å². The highest BCUT2D eigenvalue weighted by Crippen LogP contribution is 2.28. The van der Waals surface area contributed by atoms with Crippen LogP contribution in [0, 0.1) is 5.92 Å². The van der Waals surface area contributed by atoms with Gasteiger partial charge in [-0.25, -0.2) is 0 Å². The SMILES string of the molecule is CCC(Br)c1nnc(CC(C)C)s1. The van der Waals surface area contributed by atoms with Gasteiger partial charge in [0.2, 0.25) is 0 Å². The summed E-state index contributed by atoms with van der Waals surface area (Å²) < 4.78 is 0.